The van der Waals surface area contributed by atoms with Crippen LogP contribution in [0.4, 0.5) is 4.39 Å². The van der Waals surface area contributed by atoms with Crippen molar-refractivity contribution in [1.29, 1.82) is 0 Å². The summed E-state index contributed by atoms with van der Waals surface area (Å²) in [6.45, 7) is 3.95. The SMILES string of the molecule is Fc1cccc(CN2CCCNC3(CCCC3)C2)c1Cl. The summed E-state index contributed by atoms with van der Waals surface area (Å²) in [6, 6.07) is 5.11. The van der Waals surface area contributed by atoms with Gasteiger partial charge < -0.3 is 5.32 Å². The molecule has 1 aromatic rings. The lowest BCUT2D eigenvalue weighted by Gasteiger charge is -2.33. The molecule has 1 heterocycles. The molecule has 0 amide bonds. The Morgan fingerprint density at radius 1 is 1.25 bits per heavy atom. The van der Waals surface area contributed by atoms with E-state index in [2.05, 4.69) is 10.2 Å². The maximum absolute atomic E-state index is 13.5. The van der Waals surface area contributed by atoms with Gasteiger partial charge in [-0.1, -0.05) is 36.6 Å². The third kappa shape index (κ3) is 3.00. The van der Waals surface area contributed by atoms with Gasteiger partial charge in [0.2, 0.25) is 0 Å². The molecule has 1 N–H and O–H groups in total. The van der Waals surface area contributed by atoms with Crippen molar-refractivity contribution in [3.63, 3.8) is 0 Å². The molecule has 0 atom stereocenters. The van der Waals surface area contributed by atoms with Crippen LogP contribution in [-0.2, 0) is 6.54 Å². The van der Waals surface area contributed by atoms with Crippen molar-refractivity contribution in [1.82, 2.24) is 10.2 Å². The van der Waals surface area contributed by atoms with Gasteiger partial charge in [0.15, 0.2) is 0 Å². The van der Waals surface area contributed by atoms with Crippen LogP contribution in [0.2, 0.25) is 5.02 Å². The largest absolute Gasteiger partial charge is 0.310 e. The Bertz CT molecular complexity index is 472. The van der Waals surface area contributed by atoms with Gasteiger partial charge in [-0.2, -0.15) is 0 Å². The Balaban J connectivity index is 1.74. The third-order valence-electron chi connectivity index (χ3n) is 4.66. The standard InChI is InChI=1S/C16H22ClFN2/c17-15-13(5-3-6-14(15)18)11-20-10-4-9-19-16(12-20)7-1-2-8-16/h3,5-6,19H,1-2,4,7-12H2. The number of benzene rings is 1. The minimum atomic E-state index is -0.312. The van der Waals surface area contributed by atoms with Crippen LogP contribution in [0.1, 0.15) is 37.7 Å². The molecule has 0 radical (unpaired) electrons. The smallest absolute Gasteiger partial charge is 0.142 e. The summed E-state index contributed by atoms with van der Waals surface area (Å²) in [5, 5.41) is 4.03. The summed E-state index contributed by atoms with van der Waals surface area (Å²) in [7, 11) is 0. The number of hydrogen-bond donors (Lipinski definition) is 1. The Kier molecular flexibility index (Phi) is 4.29. The van der Waals surface area contributed by atoms with Crippen molar-refractivity contribution in [3.05, 3.63) is 34.6 Å². The molecule has 1 aromatic carbocycles. The lowest BCUT2D eigenvalue weighted by molar-refractivity contribution is 0.203. The maximum atomic E-state index is 13.5. The van der Waals surface area contributed by atoms with E-state index < -0.39 is 0 Å². The van der Waals surface area contributed by atoms with Gasteiger partial charge in [0, 0.05) is 18.6 Å². The molecule has 1 saturated heterocycles. The Hall–Kier alpha value is -0.640. The molecular formula is C16H22ClFN2. The van der Waals surface area contributed by atoms with Gasteiger partial charge in [-0.3, -0.25) is 4.90 Å². The number of rotatable bonds is 2. The second-order valence-corrected chi connectivity index (χ2v) is 6.57. The van der Waals surface area contributed by atoms with Gasteiger partial charge in [0.05, 0.1) is 5.02 Å². The molecule has 2 nitrogen and oxygen atoms in total. The highest BCUT2D eigenvalue weighted by molar-refractivity contribution is 6.31. The van der Waals surface area contributed by atoms with Gasteiger partial charge >= 0.3 is 0 Å². The van der Waals surface area contributed by atoms with Crippen LogP contribution in [0, 0.1) is 5.82 Å². The minimum absolute atomic E-state index is 0.283. The summed E-state index contributed by atoms with van der Waals surface area (Å²) in [5.41, 5.74) is 1.19. The third-order valence-corrected chi connectivity index (χ3v) is 5.09. The second-order valence-electron chi connectivity index (χ2n) is 6.19. The maximum Gasteiger partial charge on any atom is 0.142 e. The molecule has 0 unspecified atom stereocenters. The average Bonchev–Trinajstić information content (AvgIpc) is 2.78. The van der Waals surface area contributed by atoms with Crippen molar-refractivity contribution in [2.75, 3.05) is 19.6 Å². The molecule has 1 aliphatic heterocycles. The highest BCUT2D eigenvalue weighted by atomic mass is 35.5. The summed E-state index contributed by atoms with van der Waals surface area (Å²) in [5.74, 6) is -0.312. The van der Waals surface area contributed by atoms with Crippen LogP contribution in [-0.4, -0.2) is 30.1 Å². The molecule has 2 aliphatic rings. The van der Waals surface area contributed by atoms with Gasteiger partial charge in [0.1, 0.15) is 5.82 Å². The highest BCUT2D eigenvalue weighted by Crippen LogP contribution is 2.32. The summed E-state index contributed by atoms with van der Waals surface area (Å²) < 4.78 is 13.5. The van der Waals surface area contributed by atoms with Gasteiger partial charge in [-0.05, 0) is 44.0 Å². The lowest BCUT2D eigenvalue weighted by atomic mass is 9.97. The predicted molar refractivity (Wildman–Crippen MR) is 80.5 cm³/mol. The molecule has 4 heteroatoms. The van der Waals surface area contributed by atoms with E-state index in [1.807, 2.05) is 6.07 Å². The molecule has 3 rings (SSSR count). The highest BCUT2D eigenvalue weighted by Gasteiger charge is 2.36. The normalized spacial score (nSPS) is 23.1. The van der Waals surface area contributed by atoms with Crippen LogP contribution in [0.5, 0.6) is 0 Å². The van der Waals surface area contributed by atoms with Crippen LogP contribution >= 0.6 is 11.6 Å². The first-order chi connectivity index (χ1) is 9.69. The van der Waals surface area contributed by atoms with Gasteiger partial charge in [0.25, 0.3) is 0 Å². The molecule has 1 aliphatic carbocycles. The van der Waals surface area contributed by atoms with E-state index in [-0.39, 0.29) is 16.4 Å². The molecule has 2 fully saturated rings. The first-order valence-corrected chi connectivity index (χ1v) is 7.97. The van der Waals surface area contributed by atoms with E-state index >= 15 is 0 Å². The fourth-order valence-corrected chi connectivity index (χ4v) is 3.84. The molecule has 20 heavy (non-hydrogen) atoms. The average molecular weight is 297 g/mol. The number of nitrogens with one attached hydrogen (secondary N) is 1. The van der Waals surface area contributed by atoms with E-state index in [1.165, 1.54) is 31.7 Å². The molecule has 1 spiro atoms. The second kappa shape index (κ2) is 6.00. The van der Waals surface area contributed by atoms with E-state index in [0.717, 1.165) is 38.2 Å². The molecular weight excluding hydrogens is 275 g/mol. The topological polar surface area (TPSA) is 15.3 Å². The van der Waals surface area contributed by atoms with Gasteiger partial charge in [-0.15, -0.1) is 0 Å². The van der Waals surface area contributed by atoms with Crippen LogP contribution in [0.15, 0.2) is 18.2 Å². The van der Waals surface area contributed by atoms with E-state index in [0.29, 0.717) is 0 Å². The fourth-order valence-electron chi connectivity index (χ4n) is 3.65. The van der Waals surface area contributed by atoms with E-state index in [9.17, 15) is 4.39 Å². The van der Waals surface area contributed by atoms with Crippen LogP contribution in [0.3, 0.4) is 0 Å². The number of nitrogens with zero attached hydrogens (tertiary/aromatic N) is 1. The summed E-state index contributed by atoms with van der Waals surface area (Å²) in [6.07, 6.45) is 6.32. The number of hydrogen-bond acceptors (Lipinski definition) is 2. The Morgan fingerprint density at radius 2 is 2.05 bits per heavy atom. The summed E-state index contributed by atoms with van der Waals surface area (Å²) >= 11 is 6.09. The van der Waals surface area contributed by atoms with Gasteiger partial charge in [-0.25, -0.2) is 4.39 Å². The van der Waals surface area contributed by atoms with Crippen molar-refractivity contribution in [2.45, 2.75) is 44.2 Å². The first-order valence-electron chi connectivity index (χ1n) is 7.59. The molecule has 110 valence electrons. The van der Waals surface area contributed by atoms with Crippen molar-refractivity contribution < 1.29 is 4.39 Å². The minimum Gasteiger partial charge on any atom is -0.310 e. The number of halogens is 2. The first kappa shape index (κ1) is 14.3. The lowest BCUT2D eigenvalue weighted by Crippen LogP contribution is -2.49. The Morgan fingerprint density at radius 3 is 2.85 bits per heavy atom. The zero-order valence-corrected chi connectivity index (χ0v) is 12.6. The van der Waals surface area contributed by atoms with E-state index in [4.69, 9.17) is 11.6 Å². The zero-order chi connectivity index (χ0) is 14.0. The Labute approximate surface area is 125 Å². The monoisotopic (exact) mass is 296 g/mol. The van der Waals surface area contributed by atoms with Crippen molar-refractivity contribution in [3.8, 4) is 0 Å². The van der Waals surface area contributed by atoms with Crippen LogP contribution in [0.25, 0.3) is 0 Å². The van der Waals surface area contributed by atoms with E-state index in [1.54, 1.807) is 6.07 Å². The van der Waals surface area contributed by atoms with Crippen LogP contribution < -0.4 is 5.32 Å². The fraction of sp³-hybridized carbons (Fsp3) is 0.625. The molecule has 0 aromatic heterocycles. The van der Waals surface area contributed by atoms with Crippen molar-refractivity contribution >= 4 is 11.6 Å². The molecule has 1 saturated carbocycles. The predicted octanol–water partition coefficient (Wildman–Crippen LogP) is 3.59. The quantitative estimate of drug-likeness (QED) is 0.897. The summed E-state index contributed by atoms with van der Waals surface area (Å²) in [4.78, 5) is 2.44. The zero-order valence-electron chi connectivity index (χ0n) is 11.8. The van der Waals surface area contributed by atoms with Crippen molar-refractivity contribution in [2.24, 2.45) is 0 Å². The molecule has 0 bridgehead atoms.